The van der Waals surface area contributed by atoms with E-state index in [-0.39, 0.29) is 6.09 Å². The van der Waals surface area contributed by atoms with E-state index in [9.17, 15) is 4.79 Å². The summed E-state index contributed by atoms with van der Waals surface area (Å²) >= 11 is 0. The van der Waals surface area contributed by atoms with Crippen molar-refractivity contribution in [3.8, 4) is 0 Å². The summed E-state index contributed by atoms with van der Waals surface area (Å²) in [5.74, 6) is 0.973. The molecule has 136 valence electrons. The molecule has 5 rings (SSSR count). The average molecular weight is 360 g/mol. The number of aryl methyl sites for hydroxylation is 1. The number of nitrogens with zero attached hydrogens (tertiary/aromatic N) is 4. The van der Waals surface area contributed by atoms with Crippen LogP contribution in [-0.4, -0.2) is 35.8 Å². The second-order valence-corrected chi connectivity index (χ2v) is 7.07. The number of anilines is 2. The third-order valence-electron chi connectivity index (χ3n) is 5.36. The minimum atomic E-state index is -0.247. The quantitative estimate of drug-likeness (QED) is 0.700. The Morgan fingerprint density at radius 1 is 1.11 bits per heavy atom. The molecule has 0 N–H and O–H groups in total. The van der Waals surface area contributed by atoms with Crippen molar-refractivity contribution in [1.82, 2.24) is 9.97 Å². The molecule has 0 saturated carbocycles. The van der Waals surface area contributed by atoms with Crippen molar-refractivity contribution in [1.29, 1.82) is 0 Å². The molecule has 1 fully saturated rings. The minimum Gasteiger partial charge on any atom is -0.447 e. The average Bonchev–Trinajstić information content (AvgIpc) is 3.12. The summed E-state index contributed by atoms with van der Waals surface area (Å²) in [5.41, 5.74) is 5.62. The molecule has 1 saturated heterocycles. The van der Waals surface area contributed by atoms with Crippen LogP contribution in [0.5, 0.6) is 0 Å². The smallest absolute Gasteiger partial charge is 0.414 e. The Morgan fingerprint density at radius 3 is 2.89 bits per heavy atom. The van der Waals surface area contributed by atoms with Gasteiger partial charge in [0.1, 0.15) is 18.8 Å². The van der Waals surface area contributed by atoms with E-state index in [1.165, 1.54) is 16.7 Å². The molecule has 1 aromatic heterocycles. The van der Waals surface area contributed by atoms with E-state index in [1.807, 2.05) is 18.2 Å². The van der Waals surface area contributed by atoms with Gasteiger partial charge in [0.25, 0.3) is 0 Å². The van der Waals surface area contributed by atoms with Crippen molar-refractivity contribution >= 4 is 28.5 Å². The Kier molecular flexibility index (Phi) is 3.70. The predicted molar refractivity (Wildman–Crippen MR) is 104 cm³/mol. The van der Waals surface area contributed by atoms with Crippen LogP contribution in [0.3, 0.4) is 0 Å². The molecule has 0 aliphatic carbocycles. The van der Waals surface area contributed by atoms with Gasteiger partial charge >= 0.3 is 6.09 Å². The number of carbonyl (C=O) groups excluding carboxylic acids is 1. The third-order valence-corrected chi connectivity index (χ3v) is 5.36. The maximum atomic E-state index is 12.0. The number of fused-ring (bicyclic) bond motifs is 2. The predicted octanol–water partition coefficient (Wildman–Crippen LogP) is 3.46. The zero-order chi connectivity index (χ0) is 18.4. The minimum absolute atomic E-state index is 0.247. The highest BCUT2D eigenvalue weighted by molar-refractivity contribution is 5.91. The van der Waals surface area contributed by atoms with Crippen LogP contribution in [0.2, 0.25) is 0 Å². The fourth-order valence-corrected chi connectivity index (χ4v) is 4.04. The van der Waals surface area contributed by atoms with Gasteiger partial charge in [0, 0.05) is 18.5 Å². The van der Waals surface area contributed by atoms with Crippen molar-refractivity contribution in [3.63, 3.8) is 0 Å². The molecule has 0 radical (unpaired) electrons. The van der Waals surface area contributed by atoms with Crippen LogP contribution in [0, 0.1) is 6.92 Å². The first-order valence-corrected chi connectivity index (χ1v) is 9.22. The summed E-state index contributed by atoms with van der Waals surface area (Å²) in [6.45, 7) is 4.79. The summed E-state index contributed by atoms with van der Waals surface area (Å²) in [4.78, 5) is 25.0. The maximum Gasteiger partial charge on any atom is 0.414 e. The first-order valence-electron chi connectivity index (χ1n) is 9.22. The normalized spacial score (nSPS) is 16.6. The van der Waals surface area contributed by atoms with Crippen LogP contribution in [0.4, 0.5) is 16.3 Å². The molecule has 0 spiro atoms. The summed E-state index contributed by atoms with van der Waals surface area (Å²) in [7, 11) is 0. The Hall–Kier alpha value is -3.15. The number of ether oxygens (including phenoxy) is 1. The van der Waals surface area contributed by atoms with Crippen molar-refractivity contribution < 1.29 is 9.53 Å². The molecular formula is C21H20N4O2. The van der Waals surface area contributed by atoms with Gasteiger partial charge < -0.3 is 9.64 Å². The summed E-state index contributed by atoms with van der Waals surface area (Å²) in [5, 5.41) is 1.08. The number of benzene rings is 2. The molecule has 3 heterocycles. The lowest BCUT2D eigenvalue weighted by Gasteiger charge is -2.32. The monoisotopic (exact) mass is 360 g/mol. The third kappa shape index (κ3) is 2.68. The Balaban J connectivity index is 1.52. The summed E-state index contributed by atoms with van der Waals surface area (Å²) in [6.07, 6.45) is 2.26. The lowest BCUT2D eigenvalue weighted by Crippen LogP contribution is -2.33. The van der Waals surface area contributed by atoms with Crippen molar-refractivity contribution in [2.24, 2.45) is 0 Å². The van der Waals surface area contributed by atoms with E-state index in [4.69, 9.17) is 4.74 Å². The second kappa shape index (κ2) is 6.23. The fraction of sp³-hybridized carbons (Fsp3) is 0.286. The highest BCUT2D eigenvalue weighted by Crippen LogP contribution is 2.33. The SMILES string of the molecule is Cc1ccc2ncnc(N3CCc4c(cccc4N4CCOC4=O)C3)c2c1. The van der Waals surface area contributed by atoms with Gasteiger partial charge in [-0.3, -0.25) is 4.90 Å². The number of amides is 1. The van der Waals surface area contributed by atoms with E-state index in [0.29, 0.717) is 13.2 Å². The van der Waals surface area contributed by atoms with Crippen molar-refractivity contribution in [3.05, 3.63) is 59.4 Å². The van der Waals surface area contributed by atoms with Crippen LogP contribution >= 0.6 is 0 Å². The molecule has 0 unspecified atom stereocenters. The fourth-order valence-electron chi connectivity index (χ4n) is 4.04. The number of aromatic nitrogens is 2. The lowest BCUT2D eigenvalue weighted by atomic mass is 9.97. The van der Waals surface area contributed by atoms with Gasteiger partial charge in [0.15, 0.2) is 0 Å². The van der Waals surface area contributed by atoms with Crippen LogP contribution in [0.25, 0.3) is 10.9 Å². The van der Waals surface area contributed by atoms with E-state index < -0.39 is 0 Å². The van der Waals surface area contributed by atoms with Crippen LogP contribution in [-0.2, 0) is 17.7 Å². The topological polar surface area (TPSA) is 58.6 Å². The Labute approximate surface area is 157 Å². The van der Waals surface area contributed by atoms with Crippen molar-refractivity contribution in [2.75, 3.05) is 29.5 Å². The van der Waals surface area contributed by atoms with Gasteiger partial charge in [-0.1, -0.05) is 23.8 Å². The van der Waals surface area contributed by atoms with Gasteiger partial charge in [-0.15, -0.1) is 0 Å². The van der Waals surface area contributed by atoms with E-state index in [1.54, 1.807) is 11.2 Å². The molecular weight excluding hydrogens is 340 g/mol. The molecule has 2 aliphatic heterocycles. The first-order chi connectivity index (χ1) is 13.2. The summed E-state index contributed by atoms with van der Waals surface area (Å²) < 4.78 is 5.12. The molecule has 27 heavy (non-hydrogen) atoms. The first kappa shape index (κ1) is 16.1. The van der Waals surface area contributed by atoms with E-state index >= 15 is 0 Å². The zero-order valence-corrected chi connectivity index (χ0v) is 15.2. The van der Waals surface area contributed by atoms with Crippen molar-refractivity contribution in [2.45, 2.75) is 19.9 Å². The molecule has 6 nitrogen and oxygen atoms in total. The highest BCUT2D eigenvalue weighted by atomic mass is 16.6. The van der Waals surface area contributed by atoms with Gasteiger partial charge in [-0.25, -0.2) is 14.8 Å². The second-order valence-electron chi connectivity index (χ2n) is 7.07. The van der Waals surface area contributed by atoms with E-state index in [2.05, 4.69) is 40.0 Å². The molecule has 2 aliphatic rings. The van der Waals surface area contributed by atoms with E-state index in [0.717, 1.165) is 41.9 Å². The largest absolute Gasteiger partial charge is 0.447 e. The molecule has 0 atom stereocenters. The molecule has 2 aromatic carbocycles. The number of cyclic esters (lactones) is 1. The van der Waals surface area contributed by atoms with Crippen LogP contribution < -0.4 is 9.80 Å². The number of rotatable bonds is 2. The molecule has 0 bridgehead atoms. The number of carbonyl (C=O) groups is 1. The van der Waals surface area contributed by atoms with Gasteiger partial charge in [0.2, 0.25) is 0 Å². The Bertz CT molecular complexity index is 1050. The molecule has 3 aromatic rings. The highest BCUT2D eigenvalue weighted by Gasteiger charge is 2.29. The Morgan fingerprint density at radius 2 is 2.04 bits per heavy atom. The van der Waals surface area contributed by atoms with Gasteiger partial charge in [-0.05, 0) is 42.7 Å². The van der Waals surface area contributed by atoms with Crippen LogP contribution in [0.15, 0.2) is 42.7 Å². The zero-order valence-electron chi connectivity index (χ0n) is 15.2. The standard InChI is InChI=1S/C21H20N4O2/c1-14-5-6-18-17(11-14)20(23-13-22-18)24-8-7-16-15(12-24)3-2-4-19(16)25-9-10-27-21(25)26/h2-6,11,13H,7-10,12H2,1H3. The molecule has 6 heteroatoms. The maximum absolute atomic E-state index is 12.0. The number of hydrogen-bond donors (Lipinski definition) is 0. The van der Waals surface area contributed by atoms with Crippen LogP contribution in [0.1, 0.15) is 16.7 Å². The lowest BCUT2D eigenvalue weighted by molar-refractivity contribution is 0.181. The van der Waals surface area contributed by atoms with Gasteiger partial charge in [-0.2, -0.15) is 0 Å². The number of hydrogen-bond acceptors (Lipinski definition) is 5. The summed E-state index contributed by atoms with van der Waals surface area (Å²) in [6, 6.07) is 12.4. The molecule has 1 amide bonds. The van der Waals surface area contributed by atoms with Gasteiger partial charge in [0.05, 0.1) is 17.7 Å².